The van der Waals surface area contributed by atoms with Gasteiger partial charge in [-0.05, 0) is 43.1 Å². The van der Waals surface area contributed by atoms with Crippen molar-refractivity contribution in [1.29, 1.82) is 0 Å². The molecule has 1 aromatic carbocycles. The van der Waals surface area contributed by atoms with Crippen molar-refractivity contribution >= 4 is 0 Å². The van der Waals surface area contributed by atoms with Crippen molar-refractivity contribution in [2.45, 2.75) is 37.6 Å². The maximum absolute atomic E-state index is 6.20. The fraction of sp³-hybridized carbons (Fsp3) is 0.600. The van der Waals surface area contributed by atoms with Crippen molar-refractivity contribution in [1.82, 2.24) is 0 Å². The Morgan fingerprint density at radius 3 is 2.71 bits per heavy atom. The Morgan fingerprint density at radius 2 is 2.00 bits per heavy atom. The average Bonchev–Trinajstić information content (AvgIpc) is 2.39. The van der Waals surface area contributed by atoms with Crippen molar-refractivity contribution < 1.29 is 4.74 Å². The van der Waals surface area contributed by atoms with Crippen LogP contribution in [0.15, 0.2) is 30.3 Å². The van der Waals surface area contributed by atoms with Crippen LogP contribution in [0.2, 0.25) is 0 Å². The number of ether oxygens (including phenoxy) is 1. The summed E-state index contributed by atoms with van der Waals surface area (Å²) in [4.78, 5) is 0. The predicted molar refractivity (Wildman–Crippen MR) is 71.0 cm³/mol. The molecule has 1 aliphatic carbocycles. The number of rotatable bonds is 4. The van der Waals surface area contributed by atoms with Crippen molar-refractivity contribution in [3.8, 4) is 0 Å². The van der Waals surface area contributed by atoms with Crippen molar-refractivity contribution in [3.63, 3.8) is 0 Å². The fourth-order valence-electron chi connectivity index (χ4n) is 2.92. The SMILES string of the molecule is COCCC1CC(c2ccccc2)CCC1N. The van der Waals surface area contributed by atoms with Gasteiger partial charge in [0.1, 0.15) is 0 Å². The predicted octanol–water partition coefficient (Wildman–Crippen LogP) is 2.93. The normalized spacial score (nSPS) is 29.2. The van der Waals surface area contributed by atoms with Crippen LogP contribution in [0, 0.1) is 5.92 Å². The van der Waals surface area contributed by atoms with Gasteiger partial charge in [0.2, 0.25) is 0 Å². The molecule has 2 rings (SSSR count). The summed E-state index contributed by atoms with van der Waals surface area (Å²) in [5.74, 6) is 1.31. The minimum Gasteiger partial charge on any atom is -0.385 e. The molecule has 0 aromatic heterocycles. The van der Waals surface area contributed by atoms with Crippen LogP contribution in [0.5, 0.6) is 0 Å². The van der Waals surface area contributed by atoms with Crippen LogP contribution >= 0.6 is 0 Å². The summed E-state index contributed by atoms with van der Waals surface area (Å²) >= 11 is 0. The van der Waals surface area contributed by atoms with Crippen LogP contribution in [0.1, 0.15) is 37.2 Å². The molecule has 0 amide bonds. The van der Waals surface area contributed by atoms with E-state index in [-0.39, 0.29) is 0 Å². The van der Waals surface area contributed by atoms with E-state index in [0.717, 1.165) is 19.4 Å². The third-order valence-corrected chi connectivity index (χ3v) is 4.00. The second kappa shape index (κ2) is 6.18. The lowest BCUT2D eigenvalue weighted by Gasteiger charge is -2.34. The molecule has 0 saturated heterocycles. The third-order valence-electron chi connectivity index (χ3n) is 4.00. The van der Waals surface area contributed by atoms with E-state index in [1.807, 2.05) is 0 Å². The van der Waals surface area contributed by atoms with Crippen LogP contribution in [-0.4, -0.2) is 19.8 Å². The molecule has 94 valence electrons. The van der Waals surface area contributed by atoms with Gasteiger partial charge in [-0.1, -0.05) is 30.3 Å². The lowest BCUT2D eigenvalue weighted by molar-refractivity contribution is 0.153. The van der Waals surface area contributed by atoms with E-state index >= 15 is 0 Å². The van der Waals surface area contributed by atoms with Gasteiger partial charge < -0.3 is 10.5 Å². The zero-order chi connectivity index (χ0) is 12.1. The van der Waals surface area contributed by atoms with E-state index in [0.29, 0.717) is 17.9 Å². The highest BCUT2D eigenvalue weighted by Gasteiger charge is 2.28. The summed E-state index contributed by atoms with van der Waals surface area (Å²) in [5, 5.41) is 0. The van der Waals surface area contributed by atoms with E-state index < -0.39 is 0 Å². The fourth-order valence-corrected chi connectivity index (χ4v) is 2.92. The second-order valence-corrected chi connectivity index (χ2v) is 5.13. The molecule has 0 radical (unpaired) electrons. The monoisotopic (exact) mass is 233 g/mol. The van der Waals surface area contributed by atoms with Crippen LogP contribution in [0.25, 0.3) is 0 Å². The molecule has 1 aliphatic rings. The smallest absolute Gasteiger partial charge is 0.0465 e. The molecule has 2 nitrogen and oxygen atoms in total. The van der Waals surface area contributed by atoms with E-state index in [1.165, 1.54) is 18.4 Å². The molecule has 17 heavy (non-hydrogen) atoms. The van der Waals surface area contributed by atoms with Crippen molar-refractivity contribution in [2.24, 2.45) is 11.7 Å². The molecule has 0 aliphatic heterocycles. The molecular formula is C15H23NO. The number of hydrogen-bond donors (Lipinski definition) is 1. The van der Waals surface area contributed by atoms with E-state index in [9.17, 15) is 0 Å². The number of methoxy groups -OCH3 is 1. The molecule has 3 unspecified atom stereocenters. The highest BCUT2D eigenvalue weighted by molar-refractivity contribution is 5.20. The second-order valence-electron chi connectivity index (χ2n) is 5.13. The highest BCUT2D eigenvalue weighted by atomic mass is 16.5. The van der Waals surface area contributed by atoms with Gasteiger partial charge in [0.25, 0.3) is 0 Å². The molecule has 1 fully saturated rings. The lowest BCUT2D eigenvalue weighted by Crippen LogP contribution is -2.36. The quantitative estimate of drug-likeness (QED) is 0.867. The first-order valence-electron chi connectivity index (χ1n) is 6.60. The van der Waals surface area contributed by atoms with Gasteiger partial charge in [-0.3, -0.25) is 0 Å². The molecule has 2 N–H and O–H groups in total. The summed E-state index contributed by atoms with van der Waals surface area (Å²) in [6, 6.07) is 11.2. The van der Waals surface area contributed by atoms with E-state index in [1.54, 1.807) is 7.11 Å². The Hall–Kier alpha value is -0.860. The van der Waals surface area contributed by atoms with Gasteiger partial charge >= 0.3 is 0 Å². The standard InChI is InChI=1S/C15H23NO/c1-17-10-9-14-11-13(7-8-15(14)16)12-5-3-2-4-6-12/h2-6,13-15H,7-11,16H2,1H3. The summed E-state index contributed by atoms with van der Waals surface area (Å²) in [6.45, 7) is 0.833. The molecule has 2 heteroatoms. The first kappa shape index (κ1) is 12.6. The largest absolute Gasteiger partial charge is 0.385 e. The summed E-state index contributed by atoms with van der Waals surface area (Å²) in [7, 11) is 1.77. The molecule has 1 saturated carbocycles. The number of nitrogens with two attached hydrogens (primary N) is 1. The minimum atomic E-state index is 0.366. The molecular weight excluding hydrogens is 210 g/mol. The van der Waals surface area contributed by atoms with Crippen molar-refractivity contribution in [2.75, 3.05) is 13.7 Å². The Morgan fingerprint density at radius 1 is 1.24 bits per heavy atom. The van der Waals surface area contributed by atoms with Gasteiger partial charge in [-0.2, -0.15) is 0 Å². The first-order chi connectivity index (χ1) is 8.31. The van der Waals surface area contributed by atoms with Gasteiger partial charge in [-0.15, -0.1) is 0 Å². The zero-order valence-corrected chi connectivity index (χ0v) is 10.6. The Kier molecular flexibility index (Phi) is 4.57. The number of benzene rings is 1. The van der Waals surface area contributed by atoms with Gasteiger partial charge in [0.15, 0.2) is 0 Å². The molecule has 0 spiro atoms. The highest BCUT2D eigenvalue weighted by Crippen LogP contribution is 2.36. The van der Waals surface area contributed by atoms with Crippen LogP contribution in [-0.2, 0) is 4.74 Å². The van der Waals surface area contributed by atoms with Gasteiger partial charge in [0, 0.05) is 19.8 Å². The van der Waals surface area contributed by atoms with Gasteiger partial charge in [0.05, 0.1) is 0 Å². The maximum Gasteiger partial charge on any atom is 0.0465 e. The zero-order valence-electron chi connectivity index (χ0n) is 10.6. The molecule has 0 bridgehead atoms. The third kappa shape index (κ3) is 3.30. The number of hydrogen-bond acceptors (Lipinski definition) is 2. The summed E-state index contributed by atoms with van der Waals surface area (Å²) < 4.78 is 5.18. The lowest BCUT2D eigenvalue weighted by atomic mass is 9.74. The Labute approximate surface area is 104 Å². The van der Waals surface area contributed by atoms with Crippen LogP contribution in [0.4, 0.5) is 0 Å². The van der Waals surface area contributed by atoms with E-state index in [4.69, 9.17) is 10.5 Å². The topological polar surface area (TPSA) is 35.2 Å². The molecule has 0 heterocycles. The van der Waals surface area contributed by atoms with Crippen molar-refractivity contribution in [3.05, 3.63) is 35.9 Å². The maximum atomic E-state index is 6.20. The van der Waals surface area contributed by atoms with E-state index in [2.05, 4.69) is 30.3 Å². The van der Waals surface area contributed by atoms with Crippen LogP contribution < -0.4 is 5.73 Å². The molecule has 3 atom stereocenters. The summed E-state index contributed by atoms with van der Waals surface area (Å²) in [6.07, 6.45) is 4.69. The Bertz CT molecular complexity index is 325. The minimum absolute atomic E-state index is 0.366. The summed E-state index contributed by atoms with van der Waals surface area (Å²) in [5.41, 5.74) is 7.68. The van der Waals surface area contributed by atoms with Gasteiger partial charge in [-0.25, -0.2) is 0 Å². The first-order valence-corrected chi connectivity index (χ1v) is 6.60. The average molecular weight is 233 g/mol. The Balaban J connectivity index is 1.97. The molecule has 1 aromatic rings. The van der Waals surface area contributed by atoms with Crippen LogP contribution in [0.3, 0.4) is 0 Å².